The second-order valence-corrected chi connectivity index (χ2v) is 7.83. The van der Waals surface area contributed by atoms with Crippen molar-refractivity contribution in [3.8, 4) is 10.9 Å². The number of hydrogen-bond acceptors (Lipinski definition) is 4. The van der Waals surface area contributed by atoms with Crippen LogP contribution in [0.1, 0.15) is 29.8 Å². The van der Waals surface area contributed by atoms with Gasteiger partial charge >= 0.3 is 0 Å². The van der Waals surface area contributed by atoms with E-state index in [1.54, 1.807) is 0 Å². The molecule has 3 heterocycles. The second kappa shape index (κ2) is 6.70. The normalized spacial score (nSPS) is 14.7. The maximum absolute atomic E-state index is 12.7. The average Bonchev–Trinajstić information content (AvgIpc) is 3.31. The highest BCUT2D eigenvalue weighted by Crippen LogP contribution is 2.32. The molecule has 4 aromatic rings. The first kappa shape index (κ1) is 16.3. The van der Waals surface area contributed by atoms with Crippen molar-refractivity contribution in [2.45, 2.75) is 19.3 Å². The van der Waals surface area contributed by atoms with E-state index in [4.69, 9.17) is 4.74 Å². The van der Waals surface area contributed by atoms with Gasteiger partial charge in [0, 0.05) is 24.0 Å². The van der Waals surface area contributed by atoms with Gasteiger partial charge < -0.3 is 14.6 Å². The standard InChI is InChI=1S/C21H19N3O2S/c25-20(24-10-4-1-5-11-24)18-13-14-12-15(8-9-16(14)22-18)26-21-23-17-6-2-3-7-19(17)27-21/h2-3,6-9,12-13,22H,1,4-5,10-11H2. The zero-order valence-corrected chi connectivity index (χ0v) is 15.6. The van der Waals surface area contributed by atoms with Gasteiger partial charge in [0.2, 0.25) is 0 Å². The molecule has 1 aliphatic heterocycles. The molecule has 2 aromatic heterocycles. The Morgan fingerprint density at radius 3 is 2.78 bits per heavy atom. The van der Waals surface area contributed by atoms with E-state index < -0.39 is 0 Å². The number of fused-ring (bicyclic) bond motifs is 2. The van der Waals surface area contributed by atoms with Gasteiger partial charge in [-0.25, -0.2) is 4.98 Å². The van der Waals surface area contributed by atoms with Crippen molar-refractivity contribution in [1.82, 2.24) is 14.9 Å². The molecule has 0 saturated carbocycles. The molecule has 5 rings (SSSR count). The third-order valence-corrected chi connectivity index (χ3v) is 5.86. The summed E-state index contributed by atoms with van der Waals surface area (Å²) in [6.45, 7) is 1.69. The highest BCUT2D eigenvalue weighted by molar-refractivity contribution is 7.20. The lowest BCUT2D eigenvalue weighted by Gasteiger charge is -2.26. The van der Waals surface area contributed by atoms with E-state index in [1.165, 1.54) is 17.8 Å². The van der Waals surface area contributed by atoms with Crippen LogP contribution >= 0.6 is 11.3 Å². The number of rotatable bonds is 3. The number of aromatic nitrogens is 2. The summed E-state index contributed by atoms with van der Waals surface area (Å²) < 4.78 is 7.06. The smallest absolute Gasteiger partial charge is 0.279 e. The molecule has 27 heavy (non-hydrogen) atoms. The van der Waals surface area contributed by atoms with Crippen LogP contribution < -0.4 is 4.74 Å². The molecule has 0 atom stereocenters. The summed E-state index contributed by atoms with van der Waals surface area (Å²) in [5.41, 5.74) is 2.52. The van der Waals surface area contributed by atoms with Gasteiger partial charge in [-0.2, -0.15) is 0 Å². The fourth-order valence-corrected chi connectivity index (χ4v) is 4.39. The number of H-pyrrole nitrogens is 1. The predicted octanol–water partition coefficient (Wildman–Crippen LogP) is 5.20. The number of benzene rings is 2. The van der Waals surface area contributed by atoms with Gasteiger partial charge in [-0.15, -0.1) is 0 Å². The molecule has 6 heteroatoms. The molecule has 5 nitrogen and oxygen atoms in total. The van der Waals surface area contributed by atoms with E-state index in [2.05, 4.69) is 9.97 Å². The minimum Gasteiger partial charge on any atom is -0.431 e. The first-order chi connectivity index (χ1) is 13.3. The van der Waals surface area contributed by atoms with Gasteiger partial charge in [-0.1, -0.05) is 23.5 Å². The number of amides is 1. The summed E-state index contributed by atoms with van der Waals surface area (Å²) in [6.07, 6.45) is 3.39. The van der Waals surface area contributed by atoms with E-state index in [0.717, 1.165) is 52.8 Å². The van der Waals surface area contributed by atoms with Gasteiger partial charge in [-0.3, -0.25) is 4.79 Å². The molecular weight excluding hydrogens is 358 g/mol. The van der Waals surface area contributed by atoms with Crippen molar-refractivity contribution in [1.29, 1.82) is 0 Å². The number of hydrogen-bond donors (Lipinski definition) is 1. The van der Waals surface area contributed by atoms with E-state index in [1.807, 2.05) is 53.4 Å². The SMILES string of the molecule is O=C(c1cc2cc(Oc3nc4ccccc4s3)ccc2[nH]1)N1CCCCC1. The van der Waals surface area contributed by atoms with Crippen LogP contribution in [0.4, 0.5) is 0 Å². The number of nitrogens with one attached hydrogen (secondary N) is 1. The van der Waals surface area contributed by atoms with Crippen molar-refractivity contribution < 1.29 is 9.53 Å². The molecule has 2 aromatic carbocycles. The number of likely N-dealkylation sites (tertiary alicyclic amines) is 1. The zero-order chi connectivity index (χ0) is 18.2. The first-order valence-corrected chi connectivity index (χ1v) is 10.0. The van der Waals surface area contributed by atoms with Crippen LogP contribution in [0, 0.1) is 0 Å². The zero-order valence-electron chi connectivity index (χ0n) is 14.8. The van der Waals surface area contributed by atoms with Crippen LogP contribution in [0.25, 0.3) is 21.1 Å². The first-order valence-electron chi connectivity index (χ1n) is 9.22. The Labute approximate surface area is 160 Å². The summed E-state index contributed by atoms with van der Waals surface area (Å²) in [5, 5.41) is 1.59. The maximum Gasteiger partial charge on any atom is 0.279 e. The summed E-state index contributed by atoms with van der Waals surface area (Å²) in [4.78, 5) is 22.4. The fourth-order valence-electron chi connectivity index (χ4n) is 3.55. The second-order valence-electron chi connectivity index (χ2n) is 6.83. The molecule has 1 fully saturated rings. The van der Waals surface area contributed by atoms with Gasteiger partial charge in [0.15, 0.2) is 0 Å². The van der Waals surface area contributed by atoms with Gasteiger partial charge in [0.25, 0.3) is 11.1 Å². The Bertz CT molecular complexity index is 1090. The number of thiazole rings is 1. The molecule has 1 amide bonds. The molecule has 1 aliphatic rings. The number of aromatic amines is 1. The Kier molecular flexibility index (Phi) is 4.05. The third kappa shape index (κ3) is 3.17. The van der Waals surface area contributed by atoms with Crippen LogP contribution in [0.5, 0.6) is 10.9 Å². The summed E-state index contributed by atoms with van der Waals surface area (Å²) in [5.74, 6) is 0.803. The van der Waals surface area contributed by atoms with Crippen LogP contribution in [-0.2, 0) is 0 Å². The molecule has 1 N–H and O–H groups in total. The van der Waals surface area contributed by atoms with Gasteiger partial charge in [0.1, 0.15) is 11.4 Å². The number of para-hydroxylation sites is 1. The molecule has 0 unspecified atom stereocenters. The summed E-state index contributed by atoms with van der Waals surface area (Å²) >= 11 is 1.52. The number of nitrogens with zero attached hydrogens (tertiary/aromatic N) is 2. The molecular formula is C21H19N3O2S. The van der Waals surface area contributed by atoms with E-state index in [0.29, 0.717) is 10.9 Å². The molecule has 0 aliphatic carbocycles. The quantitative estimate of drug-likeness (QED) is 0.534. The lowest BCUT2D eigenvalue weighted by molar-refractivity contribution is 0.0719. The highest BCUT2D eigenvalue weighted by Gasteiger charge is 2.20. The van der Waals surface area contributed by atoms with Crippen LogP contribution in [0.3, 0.4) is 0 Å². The van der Waals surface area contributed by atoms with Crippen LogP contribution in [0.2, 0.25) is 0 Å². The van der Waals surface area contributed by atoms with Crippen LogP contribution in [-0.4, -0.2) is 33.9 Å². The predicted molar refractivity (Wildman–Crippen MR) is 108 cm³/mol. The Morgan fingerprint density at radius 2 is 1.93 bits per heavy atom. The van der Waals surface area contributed by atoms with Crippen molar-refractivity contribution in [2.75, 3.05) is 13.1 Å². The summed E-state index contributed by atoms with van der Waals surface area (Å²) in [6, 6.07) is 15.7. The average molecular weight is 377 g/mol. The lowest BCUT2D eigenvalue weighted by Crippen LogP contribution is -2.35. The number of carbonyl (C=O) groups excluding carboxylic acids is 1. The molecule has 1 saturated heterocycles. The Hall–Kier alpha value is -2.86. The van der Waals surface area contributed by atoms with Crippen molar-refractivity contribution in [3.63, 3.8) is 0 Å². The fraction of sp³-hybridized carbons (Fsp3) is 0.238. The number of ether oxygens (including phenoxy) is 1. The minimum atomic E-state index is 0.0829. The topological polar surface area (TPSA) is 58.2 Å². The van der Waals surface area contributed by atoms with Gasteiger partial charge in [-0.05, 0) is 55.7 Å². The van der Waals surface area contributed by atoms with Crippen LogP contribution in [0.15, 0.2) is 48.5 Å². The monoisotopic (exact) mass is 377 g/mol. The highest BCUT2D eigenvalue weighted by atomic mass is 32.1. The van der Waals surface area contributed by atoms with E-state index in [-0.39, 0.29) is 5.91 Å². The number of carbonyl (C=O) groups is 1. The lowest BCUT2D eigenvalue weighted by atomic mass is 10.1. The largest absolute Gasteiger partial charge is 0.431 e. The van der Waals surface area contributed by atoms with Crippen molar-refractivity contribution in [2.24, 2.45) is 0 Å². The third-order valence-electron chi connectivity index (χ3n) is 4.95. The molecule has 0 radical (unpaired) electrons. The molecule has 136 valence electrons. The number of piperidine rings is 1. The summed E-state index contributed by atoms with van der Waals surface area (Å²) in [7, 11) is 0. The minimum absolute atomic E-state index is 0.0829. The van der Waals surface area contributed by atoms with Crippen molar-refractivity contribution >= 4 is 38.4 Å². The van der Waals surface area contributed by atoms with Crippen molar-refractivity contribution in [3.05, 3.63) is 54.2 Å². The molecule has 0 bridgehead atoms. The molecule has 0 spiro atoms. The van der Waals surface area contributed by atoms with E-state index >= 15 is 0 Å². The Morgan fingerprint density at radius 1 is 1.07 bits per heavy atom. The maximum atomic E-state index is 12.7. The van der Waals surface area contributed by atoms with Gasteiger partial charge in [0.05, 0.1) is 10.2 Å². The van der Waals surface area contributed by atoms with E-state index in [9.17, 15) is 4.79 Å². The Balaban J connectivity index is 1.40.